The van der Waals surface area contributed by atoms with E-state index in [2.05, 4.69) is 20.8 Å². The fourth-order valence-corrected chi connectivity index (χ4v) is 2.09. The third-order valence-corrected chi connectivity index (χ3v) is 3.21. The van der Waals surface area contributed by atoms with Gasteiger partial charge in [0.05, 0.1) is 0 Å². The van der Waals surface area contributed by atoms with E-state index in [1.54, 1.807) is 6.07 Å². The highest BCUT2D eigenvalue weighted by Crippen LogP contribution is 2.30. The molecule has 0 N–H and O–H groups in total. The standard InChI is InChI=1S/C13H18ClF/c1-13(2,3)11(9-14)8-10-6-4-5-7-12(10)15/h4-7,11H,8-9H2,1-3H3. The highest BCUT2D eigenvalue weighted by molar-refractivity contribution is 6.18. The van der Waals surface area contributed by atoms with Crippen molar-refractivity contribution in [2.24, 2.45) is 11.3 Å². The van der Waals surface area contributed by atoms with Gasteiger partial charge in [-0.15, -0.1) is 11.6 Å². The van der Waals surface area contributed by atoms with Crippen LogP contribution in [0.2, 0.25) is 0 Å². The Morgan fingerprint density at radius 2 is 1.87 bits per heavy atom. The summed E-state index contributed by atoms with van der Waals surface area (Å²) in [4.78, 5) is 0. The molecule has 0 heterocycles. The van der Waals surface area contributed by atoms with Gasteiger partial charge >= 0.3 is 0 Å². The van der Waals surface area contributed by atoms with Gasteiger partial charge in [0.25, 0.3) is 0 Å². The molecule has 0 aliphatic heterocycles. The third kappa shape index (κ3) is 3.49. The van der Waals surface area contributed by atoms with Crippen molar-refractivity contribution in [2.75, 3.05) is 5.88 Å². The monoisotopic (exact) mass is 228 g/mol. The quantitative estimate of drug-likeness (QED) is 0.678. The average molecular weight is 229 g/mol. The Morgan fingerprint density at radius 1 is 1.27 bits per heavy atom. The SMILES string of the molecule is CC(C)(C)C(CCl)Cc1ccccc1F. The maximum atomic E-state index is 13.4. The van der Waals surface area contributed by atoms with Gasteiger partial charge in [0.15, 0.2) is 0 Å². The number of hydrogen-bond donors (Lipinski definition) is 0. The van der Waals surface area contributed by atoms with Gasteiger partial charge in [-0.1, -0.05) is 39.0 Å². The molecule has 1 aromatic carbocycles. The van der Waals surface area contributed by atoms with Crippen LogP contribution in [-0.4, -0.2) is 5.88 Å². The highest BCUT2D eigenvalue weighted by Gasteiger charge is 2.24. The lowest BCUT2D eigenvalue weighted by Gasteiger charge is -2.29. The first-order valence-corrected chi connectivity index (χ1v) is 5.78. The summed E-state index contributed by atoms with van der Waals surface area (Å²) in [6.45, 7) is 6.42. The Balaban J connectivity index is 2.80. The van der Waals surface area contributed by atoms with Crippen LogP contribution in [0, 0.1) is 17.2 Å². The number of benzene rings is 1. The Morgan fingerprint density at radius 3 is 2.33 bits per heavy atom. The normalized spacial score (nSPS) is 13.9. The van der Waals surface area contributed by atoms with Gasteiger partial charge in [0.2, 0.25) is 0 Å². The summed E-state index contributed by atoms with van der Waals surface area (Å²) < 4.78 is 13.4. The smallest absolute Gasteiger partial charge is 0.126 e. The van der Waals surface area contributed by atoms with Crippen LogP contribution in [0.5, 0.6) is 0 Å². The third-order valence-electron chi connectivity index (χ3n) is 2.84. The molecule has 0 bridgehead atoms. The van der Waals surface area contributed by atoms with E-state index in [0.717, 1.165) is 5.56 Å². The minimum absolute atomic E-state index is 0.115. The summed E-state index contributed by atoms with van der Waals surface area (Å²) in [7, 11) is 0. The topological polar surface area (TPSA) is 0 Å². The minimum atomic E-state index is -0.128. The largest absolute Gasteiger partial charge is 0.207 e. The molecule has 1 atom stereocenters. The van der Waals surface area contributed by atoms with E-state index >= 15 is 0 Å². The van der Waals surface area contributed by atoms with Crippen molar-refractivity contribution < 1.29 is 4.39 Å². The molecule has 1 unspecified atom stereocenters. The van der Waals surface area contributed by atoms with E-state index < -0.39 is 0 Å². The number of alkyl halides is 1. The molecule has 1 rings (SSSR count). The van der Waals surface area contributed by atoms with Crippen LogP contribution in [-0.2, 0) is 6.42 Å². The molecule has 0 nitrogen and oxygen atoms in total. The first kappa shape index (κ1) is 12.5. The van der Waals surface area contributed by atoms with Crippen molar-refractivity contribution in [1.82, 2.24) is 0 Å². The van der Waals surface area contributed by atoms with Crippen molar-refractivity contribution in [1.29, 1.82) is 0 Å². The molecule has 0 saturated heterocycles. The van der Waals surface area contributed by atoms with Crippen molar-refractivity contribution in [3.05, 3.63) is 35.6 Å². The van der Waals surface area contributed by atoms with E-state index in [0.29, 0.717) is 18.2 Å². The molecule has 0 spiro atoms. The van der Waals surface area contributed by atoms with Gasteiger partial charge in [-0.25, -0.2) is 4.39 Å². The maximum Gasteiger partial charge on any atom is 0.126 e. The molecule has 0 aliphatic carbocycles. The van der Waals surface area contributed by atoms with E-state index in [-0.39, 0.29) is 11.2 Å². The van der Waals surface area contributed by atoms with Crippen molar-refractivity contribution in [3.63, 3.8) is 0 Å². The summed E-state index contributed by atoms with van der Waals surface area (Å²) >= 11 is 5.93. The zero-order chi connectivity index (χ0) is 11.5. The maximum absolute atomic E-state index is 13.4. The van der Waals surface area contributed by atoms with Gasteiger partial charge in [0.1, 0.15) is 5.82 Å². The van der Waals surface area contributed by atoms with E-state index in [4.69, 9.17) is 11.6 Å². The van der Waals surface area contributed by atoms with Crippen molar-refractivity contribution >= 4 is 11.6 Å². The van der Waals surface area contributed by atoms with E-state index in [9.17, 15) is 4.39 Å². The zero-order valence-corrected chi connectivity index (χ0v) is 10.3. The fraction of sp³-hybridized carbons (Fsp3) is 0.538. The van der Waals surface area contributed by atoms with Crippen LogP contribution in [0.3, 0.4) is 0 Å². The number of halogens is 2. The van der Waals surface area contributed by atoms with Crippen molar-refractivity contribution in [3.8, 4) is 0 Å². The molecule has 15 heavy (non-hydrogen) atoms. The van der Waals surface area contributed by atoms with Gasteiger partial charge < -0.3 is 0 Å². The van der Waals surface area contributed by atoms with Crippen molar-refractivity contribution in [2.45, 2.75) is 27.2 Å². The van der Waals surface area contributed by atoms with Gasteiger partial charge in [-0.3, -0.25) is 0 Å². The van der Waals surface area contributed by atoms with E-state index in [1.807, 2.05) is 12.1 Å². The second kappa shape index (κ2) is 4.98. The summed E-state index contributed by atoms with van der Waals surface area (Å²) in [6, 6.07) is 6.92. The van der Waals surface area contributed by atoms with Crippen LogP contribution in [0.1, 0.15) is 26.3 Å². The summed E-state index contributed by atoms with van der Waals surface area (Å²) in [5.74, 6) is 0.741. The fourth-order valence-electron chi connectivity index (χ4n) is 1.52. The lowest BCUT2D eigenvalue weighted by Crippen LogP contribution is -2.24. The lowest BCUT2D eigenvalue weighted by atomic mass is 9.78. The molecule has 0 amide bonds. The predicted octanol–water partition coefficient (Wildman–Crippen LogP) is 4.27. The molecule has 0 fully saturated rings. The number of rotatable bonds is 3. The van der Waals surface area contributed by atoms with Gasteiger partial charge in [0, 0.05) is 5.88 Å². The molecule has 1 aromatic rings. The molecule has 0 saturated carbocycles. The van der Waals surface area contributed by atoms with Crippen LogP contribution in [0.15, 0.2) is 24.3 Å². The van der Waals surface area contributed by atoms with Gasteiger partial charge in [-0.05, 0) is 29.4 Å². The summed E-state index contributed by atoms with van der Waals surface area (Å²) in [6.07, 6.45) is 0.708. The summed E-state index contributed by atoms with van der Waals surface area (Å²) in [5.41, 5.74) is 0.877. The molecular formula is C13H18ClF. The molecule has 0 radical (unpaired) electrons. The molecular weight excluding hydrogens is 211 g/mol. The molecule has 2 heteroatoms. The van der Waals surface area contributed by atoms with Crippen LogP contribution in [0.4, 0.5) is 4.39 Å². The highest BCUT2D eigenvalue weighted by atomic mass is 35.5. The zero-order valence-electron chi connectivity index (χ0n) is 9.56. The first-order valence-electron chi connectivity index (χ1n) is 5.24. The lowest BCUT2D eigenvalue weighted by molar-refractivity contribution is 0.262. The van der Waals surface area contributed by atoms with Crippen LogP contribution < -0.4 is 0 Å². The molecule has 0 aromatic heterocycles. The molecule has 0 aliphatic rings. The Labute approximate surface area is 96.5 Å². The first-order chi connectivity index (χ1) is 6.95. The Hall–Kier alpha value is -0.560. The minimum Gasteiger partial charge on any atom is -0.207 e. The van der Waals surface area contributed by atoms with Crippen LogP contribution >= 0.6 is 11.6 Å². The van der Waals surface area contributed by atoms with E-state index in [1.165, 1.54) is 6.07 Å². The number of hydrogen-bond acceptors (Lipinski definition) is 0. The second-order valence-corrected chi connectivity index (χ2v) is 5.32. The average Bonchev–Trinajstić information content (AvgIpc) is 2.14. The van der Waals surface area contributed by atoms with Gasteiger partial charge in [-0.2, -0.15) is 0 Å². The predicted molar refractivity (Wildman–Crippen MR) is 63.8 cm³/mol. The Kier molecular flexibility index (Phi) is 4.15. The molecule has 84 valence electrons. The Bertz CT molecular complexity index is 315. The second-order valence-electron chi connectivity index (χ2n) is 5.01. The summed E-state index contributed by atoms with van der Waals surface area (Å²) in [5, 5.41) is 0. The van der Waals surface area contributed by atoms with Crippen LogP contribution in [0.25, 0.3) is 0 Å².